The van der Waals surface area contributed by atoms with Crippen LogP contribution in [0.1, 0.15) is 49.9 Å². The number of rotatable bonds is 2. The SMILES string of the molecule is COC(C)(C)c1nc2c([nH]1)CCCC2N. The Morgan fingerprint density at radius 1 is 1.53 bits per heavy atom. The summed E-state index contributed by atoms with van der Waals surface area (Å²) in [6.45, 7) is 4.01. The number of hydrogen-bond acceptors (Lipinski definition) is 3. The lowest BCUT2D eigenvalue weighted by atomic mass is 9.97. The number of fused-ring (bicyclic) bond motifs is 1. The Labute approximate surface area is 90.2 Å². The monoisotopic (exact) mass is 209 g/mol. The van der Waals surface area contributed by atoms with Gasteiger partial charge in [0.25, 0.3) is 0 Å². The molecule has 2 rings (SSSR count). The zero-order chi connectivity index (χ0) is 11.1. The molecule has 0 fully saturated rings. The van der Waals surface area contributed by atoms with Gasteiger partial charge in [0.15, 0.2) is 0 Å². The van der Waals surface area contributed by atoms with E-state index in [4.69, 9.17) is 10.5 Å². The second kappa shape index (κ2) is 3.61. The normalized spacial score (nSPS) is 21.5. The topological polar surface area (TPSA) is 63.9 Å². The Morgan fingerprint density at radius 2 is 2.27 bits per heavy atom. The fourth-order valence-corrected chi connectivity index (χ4v) is 1.94. The minimum Gasteiger partial charge on any atom is -0.371 e. The van der Waals surface area contributed by atoms with Crippen molar-refractivity contribution in [1.29, 1.82) is 0 Å². The average Bonchev–Trinajstić information content (AvgIpc) is 2.64. The summed E-state index contributed by atoms with van der Waals surface area (Å²) in [6, 6.07) is 0.0893. The summed E-state index contributed by atoms with van der Waals surface area (Å²) in [4.78, 5) is 7.91. The predicted molar refractivity (Wildman–Crippen MR) is 58.5 cm³/mol. The summed E-state index contributed by atoms with van der Waals surface area (Å²) >= 11 is 0. The van der Waals surface area contributed by atoms with Gasteiger partial charge in [-0.25, -0.2) is 4.98 Å². The van der Waals surface area contributed by atoms with E-state index in [0.717, 1.165) is 30.8 Å². The van der Waals surface area contributed by atoms with Crippen LogP contribution in [-0.2, 0) is 16.8 Å². The molecule has 1 aliphatic carbocycles. The van der Waals surface area contributed by atoms with E-state index in [2.05, 4.69) is 9.97 Å². The van der Waals surface area contributed by atoms with Gasteiger partial charge in [0, 0.05) is 18.8 Å². The number of nitrogens with one attached hydrogen (secondary N) is 1. The van der Waals surface area contributed by atoms with E-state index in [9.17, 15) is 0 Å². The number of aromatic amines is 1. The zero-order valence-corrected chi connectivity index (χ0v) is 9.63. The van der Waals surface area contributed by atoms with E-state index in [-0.39, 0.29) is 11.6 Å². The molecule has 0 saturated carbocycles. The first-order valence-electron chi connectivity index (χ1n) is 5.44. The number of ether oxygens (including phenoxy) is 1. The largest absolute Gasteiger partial charge is 0.371 e. The lowest BCUT2D eigenvalue weighted by molar-refractivity contribution is 0.0120. The van der Waals surface area contributed by atoms with E-state index >= 15 is 0 Å². The maximum absolute atomic E-state index is 6.02. The number of aryl methyl sites for hydroxylation is 1. The van der Waals surface area contributed by atoms with Crippen LogP contribution in [0.2, 0.25) is 0 Å². The van der Waals surface area contributed by atoms with Crippen LogP contribution >= 0.6 is 0 Å². The molecule has 15 heavy (non-hydrogen) atoms. The Kier molecular flexibility index (Phi) is 2.56. The van der Waals surface area contributed by atoms with Gasteiger partial charge in [-0.1, -0.05) is 0 Å². The molecule has 0 amide bonds. The molecule has 0 aliphatic heterocycles. The van der Waals surface area contributed by atoms with Gasteiger partial charge in [-0.3, -0.25) is 0 Å². The van der Waals surface area contributed by atoms with Gasteiger partial charge in [-0.2, -0.15) is 0 Å². The lowest BCUT2D eigenvalue weighted by Crippen LogP contribution is -2.21. The van der Waals surface area contributed by atoms with E-state index < -0.39 is 0 Å². The van der Waals surface area contributed by atoms with Crippen molar-refractivity contribution in [1.82, 2.24) is 9.97 Å². The molecule has 0 spiro atoms. The van der Waals surface area contributed by atoms with Crippen LogP contribution in [0.3, 0.4) is 0 Å². The lowest BCUT2D eigenvalue weighted by Gasteiger charge is -2.19. The van der Waals surface area contributed by atoms with Gasteiger partial charge < -0.3 is 15.5 Å². The van der Waals surface area contributed by atoms with E-state index in [1.165, 1.54) is 5.69 Å². The van der Waals surface area contributed by atoms with Crippen LogP contribution < -0.4 is 5.73 Å². The van der Waals surface area contributed by atoms with Gasteiger partial charge in [0.1, 0.15) is 11.4 Å². The van der Waals surface area contributed by atoms with Crippen LogP contribution in [0, 0.1) is 0 Å². The molecular formula is C11H19N3O. The molecule has 4 heteroatoms. The summed E-state index contributed by atoms with van der Waals surface area (Å²) in [7, 11) is 1.70. The van der Waals surface area contributed by atoms with Gasteiger partial charge >= 0.3 is 0 Å². The first-order valence-corrected chi connectivity index (χ1v) is 5.44. The van der Waals surface area contributed by atoms with Gasteiger partial charge in [0.2, 0.25) is 0 Å². The Bertz CT molecular complexity index is 357. The Balaban J connectivity index is 2.37. The zero-order valence-electron chi connectivity index (χ0n) is 9.63. The average molecular weight is 209 g/mol. The molecule has 1 unspecified atom stereocenters. The van der Waals surface area contributed by atoms with Crippen molar-refractivity contribution in [2.45, 2.75) is 44.8 Å². The van der Waals surface area contributed by atoms with Crippen LogP contribution in [-0.4, -0.2) is 17.1 Å². The number of nitrogens with two attached hydrogens (primary N) is 1. The standard InChI is InChI=1S/C11H19N3O/c1-11(2,15-3)10-13-8-6-4-5-7(12)9(8)14-10/h7H,4-6,12H2,1-3H3,(H,13,14). The maximum atomic E-state index is 6.02. The van der Waals surface area contributed by atoms with Crippen molar-refractivity contribution >= 4 is 0 Å². The molecule has 84 valence electrons. The molecule has 1 aromatic heterocycles. The molecule has 3 N–H and O–H groups in total. The number of nitrogens with zero attached hydrogens (tertiary/aromatic N) is 1. The van der Waals surface area contributed by atoms with Gasteiger partial charge in [0.05, 0.1) is 5.69 Å². The Hall–Kier alpha value is -0.870. The number of imidazole rings is 1. The quantitative estimate of drug-likeness (QED) is 0.778. The minimum absolute atomic E-state index is 0.0893. The molecule has 0 aromatic carbocycles. The maximum Gasteiger partial charge on any atom is 0.138 e. The van der Waals surface area contributed by atoms with Crippen molar-refractivity contribution < 1.29 is 4.74 Å². The highest BCUT2D eigenvalue weighted by atomic mass is 16.5. The second-order valence-corrected chi connectivity index (χ2v) is 4.66. The number of aromatic nitrogens is 2. The van der Waals surface area contributed by atoms with Crippen molar-refractivity contribution in [2.75, 3.05) is 7.11 Å². The highest BCUT2D eigenvalue weighted by molar-refractivity contribution is 5.23. The van der Waals surface area contributed by atoms with Crippen LogP contribution in [0.4, 0.5) is 0 Å². The van der Waals surface area contributed by atoms with Crippen molar-refractivity contribution in [3.8, 4) is 0 Å². The first kappa shape index (κ1) is 10.6. The van der Waals surface area contributed by atoms with Crippen LogP contribution in [0.15, 0.2) is 0 Å². The van der Waals surface area contributed by atoms with Crippen molar-refractivity contribution in [3.05, 3.63) is 17.2 Å². The smallest absolute Gasteiger partial charge is 0.138 e. The van der Waals surface area contributed by atoms with Gasteiger partial charge in [-0.15, -0.1) is 0 Å². The second-order valence-electron chi connectivity index (χ2n) is 4.66. The minimum atomic E-state index is -0.364. The molecule has 0 radical (unpaired) electrons. The van der Waals surface area contributed by atoms with Crippen LogP contribution in [0.5, 0.6) is 0 Å². The fraction of sp³-hybridized carbons (Fsp3) is 0.727. The molecule has 1 aliphatic rings. The third kappa shape index (κ3) is 1.79. The first-order chi connectivity index (χ1) is 7.04. The number of H-pyrrole nitrogens is 1. The number of methoxy groups -OCH3 is 1. The summed E-state index contributed by atoms with van der Waals surface area (Å²) < 4.78 is 5.40. The molecule has 1 aromatic rings. The van der Waals surface area contributed by atoms with Gasteiger partial charge in [-0.05, 0) is 33.1 Å². The third-order valence-electron chi connectivity index (χ3n) is 3.18. The summed E-state index contributed by atoms with van der Waals surface area (Å²) in [5, 5.41) is 0. The molecule has 1 atom stereocenters. The highest BCUT2D eigenvalue weighted by Gasteiger charge is 2.28. The summed E-state index contributed by atoms with van der Waals surface area (Å²) in [6.07, 6.45) is 3.23. The number of hydrogen-bond donors (Lipinski definition) is 2. The summed E-state index contributed by atoms with van der Waals surface area (Å²) in [5.74, 6) is 0.882. The van der Waals surface area contributed by atoms with E-state index in [1.807, 2.05) is 13.8 Å². The van der Waals surface area contributed by atoms with E-state index in [1.54, 1.807) is 7.11 Å². The van der Waals surface area contributed by atoms with Crippen molar-refractivity contribution in [3.63, 3.8) is 0 Å². The predicted octanol–water partition coefficient (Wildman–Crippen LogP) is 1.63. The molecule has 0 saturated heterocycles. The fourth-order valence-electron chi connectivity index (χ4n) is 1.94. The highest BCUT2D eigenvalue weighted by Crippen LogP contribution is 2.29. The van der Waals surface area contributed by atoms with E-state index in [0.29, 0.717) is 0 Å². The third-order valence-corrected chi connectivity index (χ3v) is 3.18. The summed E-state index contributed by atoms with van der Waals surface area (Å²) in [5.41, 5.74) is 7.87. The molecule has 1 heterocycles. The molecule has 4 nitrogen and oxygen atoms in total. The van der Waals surface area contributed by atoms with Crippen molar-refractivity contribution in [2.24, 2.45) is 5.73 Å². The molecule has 0 bridgehead atoms. The van der Waals surface area contributed by atoms with Crippen LogP contribution in [0.25, 0.3) is 0 Å². The Morgan fingerprint density at radius 3 is 2.87 bits per heavy atom. The molecular weight excluding hydrogens is 190 g/mol.